The molecule has 0 amide bonds. The van der Waals surface area contributed by atoms with Crippen LogP contribution < -0.4 is 5.32 Å². The summed E-state index contributed by atoms with van der Waals surface area (Å²) in [5.74, 6) is -0.150. The van der Waals surface area contributed by atoms with E-state index in [-0.39, 0.29) is 12.1 Å². The van der Waals surface area contributed by atoms with Gasteiger partial charge >= 0.3 is 5.97 Å². The highest BCUT2D eigenvalue weighted by Gasteiger charge is 2.43. The highest BCUT2D eigenvalue weighted by molar-refractivity contribution is 5.81. The molecule has 0 aliphatic carbocycles. The number of carbonyl (C=O) groups excluding carboxylic acids is 1. The molecule has 0 spiro atoms. The average molecular weight is 229 g/mol. The minimum atomic E-state index is -0.524. The lowest BCUT2D eigenvalue weighted by Gasteiger charge is -2.39. The smallest absolute Gasteiger partial charge is 0.326 e. The van der Waals surface area contributed by atoms with Gasteiger partial charge in [-0.25, -0.2) is 0 Å². The molecule has 1 saturated heterocycles. The van der Waals surface area contributed by atoms with E-state index in [1.807, 2.05) is 0 Å². The molecule has 4 heteroatoms. The van der Waals surface area contributed by atoms with Gasteiger partial charge in [0.1, 0.15) is 5.54 Å². The van der Waals surface area contributed by atoms with E-state index in [9.17, 15) is 4.79 Å². The summed E-state index contributed by atoms with van der Waals surface area (Å²) in [6.07, 6.45) is 3.53. The Balaban J connectivity index is 2.72. The Kier molecular flexibility index (Phi) is 5.22. The predicted molar refractivity (Wildman–Crippen MR) is 62.3 cm³/mol. The van der Waals surface area contributed by atoms with Crippen molar-refractivity contribution in [1.82, 2.24) is 5.32 Å². The Bertz CT molecular complexity index is 232. The molecule has 4 nitrogen and oxygen atoms in total. The Morgan fingerprint density at radius 1 is 1.56 bits per heavy atom. The number of methoxy groups -OCH3 is 1. The molecule has 94 valence electrons. The maximum atomic E-state index is 11.9. The zero-order chi connectivity index (χ0) is 12.0. The Hall–Kier alpha value is -0.610. The van der Waals surface area contributed by atoms with Crippen molar-refractivity contribution >= 4 is 5.97 Å². The number of rotatable bonds is 5. The average Bonchev–Trinajstić information content (AvgIpc) is 2.35. The highest BCUT2D eigenvalue weighted by Crippen LogP contribution is 2.27. The van der Waals surface area contributed by atoms with Crippen molar-refractivity contribution in [2.45, 2.75) is 51.2 Å². The number of ether oxygens (including phenoxy) is 2. The number of hydrogen-bond donors (Lipinski definition) is 1. The first kappa shape index (κ1) is 13.5. The van der Waals surface area contributed by atoms with Gasteiger partial charge in [-0.3, -0.25) is 4.79 Å². The summed E-state index contributed by atoms with van der Waals surface area (Å²) in [6.45, 7) is 5.64. The van der Waals surface area contributed by atoms with Crippen molar-refractivity contribution in [3.8, 4) is 0 Å². The number of esters is 1. The lowest BCUT2D eigenvalue weighted by Crippen LogP contribution is -2.58. The summed E-state index contributed by atoms with van der Waals surface area (Å²) in [4.78, 5) is 11.9. The highest BCUT2D eigenvalue weighted by atomic mass is 16.5. The van der Waals surface area contributed by atoms with Crippen molar-refractivity contribution in [3.05, 3.63) is 0 Å². The molecule has 0 saturated carbocycles. The fourth-order valence-electron chi connectivity index (χ4n) is 2.19. The Morgan fingerprint density at radius 2 is 2.31 bits per heavy atom. The molecule has 1 heterocycles. The van der Waals surface area contributed by atoms with Crippen LogP contribution in [0.2, 0.25) is 0 Å². The molecule has 0 aromatic heterocycles. The van der Waals surface area contributed by atoms with E-state index in [4.69, 9.17) is 9.47 Å². The summed E-state index contributed by atoms with van der Waals surface area (Å²) in [5, 5.41) is 3.35. The van der Waals surface area contributed by atoms with Crippen LogP contribution >= 0.6 is 0 Å². The van der Waals surface area contributed by atoms with Crippen LogP contribution in [0.1, 0.15) is 39.5 Å². The van der Waals surface area contributed by atoms with Gasteiger partial charge in [0, 0.05) is 13.0 Å². The molecule has 0 radical (unpaired) electrons. The zero-order valence-electron chi connectivity index (χ0n) is 10.5. The minimum absolute atomic E-state index is 0.150. The molecule has 1 aliphatic heterocycles. The topological polar surface area (TPSA) is 47.6 Å². The molecular weight excluding hydrogens is 206 g/mol. The van der Waals surface area contributed by atoms with E-state index in [1.165, 1.54) is 7.11 Å². The Labute approximate surface area is 97.7 Å². The molecule has 0 aromatic carbocycles. The Morgan fingerprint density at radius 3 is 2.88 bits per heavy atom. The fourth-order valence-corrected chi connectivity index (χ4v) is 2.19. The standard InChI is InChI=1S/C12H23NO3/c1-4-7-13-12(11(14)15-3)6-8-16-10(5-2)9-12/h10,13H,4-9H2,1-3H3. The van der Waals surface area contributed by atoms with Crippen molar-refractivity contribution in [1.29, 1.82) is 0 Å². The summed E-state index contributed by atoms with van der Waals surface area (Å²) in [6, 6.07) is 0. The maximum absolute atomic E-state index is 11.9. The van der Waals surface area contributed by atoms with Gasteiger partial charge in [-0.2, -0.15) is 0 Å². The molecule has 2 atom stereocenters. The predicted octanol–water partition coefficient (Wildman–Crippen LogP) is 1.49. The van der Waals surface area contributed by atoms with Crippen molar-refractivity contribution in [2.24, 2.45) is 0 Å². The summed E-state index contributed by atoms with van der Waals surface area (Å²) in [7, 11) is 1.45. The molecular formula is C12H23NO3. The molecule has 1 N–H and O–H groups in total. The van der Waals surface area contributed by atoms with E-state index in [0.29, 0.717) is 13.0 Å². The van der Waals surface area contributed by atoms with Crippen LogP contribution in [-0.4, -0.2) is 37.9 Å². The molecule has 16 heavy (non-hydrogen) atoms. The van der Waals surface area contributed by atoms with E-state index >= 15 is 0 Å². The van der Waals surface area contributed by atoms with Gasteiger partial charge in [-0.15, -0.1) is 0 Å². The zero-order valence-corrected chi connectivity index (χ0v) is 10.5. The SMILES string of the molecule is CCCNC1(C(=O)OC)CCOC(CC)C1. The molecule has 0 aromatic rings. The third-order valence-electron chi connectivity index (χ3n) is 3.20. The van der Waals surface area contributed by atoms with Crippen LogP contribution in [0.15, 0.2) is 0 Å². The van der Waals surface area contributed by atoms with Gasteiger partial charge < -0.3 is 14.8 Å². The van der Waals surface area contributed by atoms with Crippen molar-refractivity contribution in [2.75, 3.05) is 20.3 Å². The minimum Gasteiger partial charge on any atom is -0.468 e. The largest absolute Gasteiger partial charge is 0.468 e. The third kappa shape index (κ3) is 2.95. The monoisotopic (exact) mass is 229 g/mol. The number of nitrogens with one attached hydrogen (secondary N) is 1. The molecule has 1 rings (SSSR count). The third-order valence-corrected chi connectivity index (χ3v) is 3.20. The number of carbonyl (C=O) groups is 1. The maximum Gasteiger partial charge on any atom is 0.326 e. The van der Waals surface area contributed by atoms with Gasteiger partial charge in [0.2, 0.25) is 0 Å². The quantitative estimate of drug-likeness (QED) is 0.726. The van der Waals surface area contributed by atoms with E-state index in [0.717, 1.165) is 25.8 Å². The van der Waals surface area contributed by atoms with E-state index in [2.05, 4.69) is 19.2 Å². The van der Waals surface area contributed by atoms with Crippen LogP contribution in [0.4, 0.5) is 0 Å². The van der Waals surface area contributed by atoms with E-state index < -0.39 is 5.54 Å². The molecule has 0 bridgehead atoms. The first-order chi connectivity index (χ1) is 7.68. The van der Waals surface area contributed by atoms with Gasteiger partial charge in [0.25, 0.3) is 0 Å². The van der Waals surface area contributed by atoms with Crippen LogP contribution in [-0.2, 0) is 14.3 Å². The lowest BCUT2D eigenvalue weighted by molar-refractivity contribution is -0.156. The lowest BCUT2D eigenvalue weighted by atomic mass is 9.85. The van der Waals surface area contributed by atoms with Gasteiger partial charge in [-0.1, -0.05) is 13.8 Å². The van der Waals surface area contributed by atoms with Crippen molar-refractivity contribution in [3.63, 3.8) is 0 Å². The van der Waals surface area contributed by atoms with Crippen LogP contribution in [0, 0.1) is 0 Å². The summed E-state index contributed by atoms with van der Waals surface area (Å²) in [5.41, 5.74) is -0.524. The van der Waals surface area contributed by atoms with E-state index in [1.54, 1.807) is 0 Å². The van der Waals surface area contributed by atoms with Crippen LogP contribution in [0.3, 0.4) is 0 Å². The second-order valence-corrected chi connectivity index (χ2v) is 4.36. The van der Waals surface area contributed by atoms with Gasteiger partial charge in [0.05, 0.1) is 13.2 Å². The van der Waals surface area contributed by atoms with Gasteiger partial charge in [-0.05, 0) is 25.8 Å². The number of hydrogen-bond acceptors (Lipinski definition) is 4. The van der Waals surface area contributed by atoms with Crippen LogP contribution in [0.5, 0.6) is 0 Å². The summed E-state index contributed by atoms with van der Waals surface area (Å²) >= 11 is 0. The second-order valence-electron chi connectivity index (χ2n) is 4.36. The first-order valence-electron chi connectivity index (χ1n) is 6.13. The fraction of sp³-hybridized carbons (Fsp3) is 0.917. The molecule has 2 unspecified atom stereocenters. The van der Waals surface area contributed by atoms with Gasteiger partial charge in [0.15, 0.2) is 0 Å². The second kappa shape index (κ2) is 6.21. The molecule has 1 aliphatic rings. The molecule has 1 fully saturated rings. The van der Waals surface area contributed by atoms with Crippen molar-refractivity contribution < 1.29 is 14.3 Å². The normalized spacial score (nSPS) is 30.1. The van der Waals surface area contributed by atoms with Crippen LogP contribution in [0.25, 0.3) is 0 Å². The first-order valence-corrected chi connectivity index (χ1v) is 6.13. The summed E-state index contributed by atoms with van der Waals surface area (Å²) < 4.78 is 10.5.